The van der Waals surface area contributed by atoms with Crippen LogP contribution in [0.15, 0.2) is 47.6 Å². The predicted molar refractivity (Wildman–Crippen MR) is 123 cm³/mol. The van der Waals surface area contributed by atoms with Gasteiger partial charge in [0.15, 0.2) is 0 Å². The Morgan fingerprint density at radius 3 is 2.55 bits per heavy atom. The molecular formula is C24H27ClN4O2. The minimum Gasteiger partial charge on any atom is -0.389 e. The van der Waals surface area contributed by atoms with Gasteiger partial charge in [-0.1, -0.05) is 23.7 Å². The van der Waals surface area contributed by atoms with Crippen molar-refractivity contribution in [1.29, 1.82) is 5.26 Å². The van der Waals surface area contributed by atoms with Crippen LogP contribution in [-0.2, 0) is 6.42 Å². The van der Waals surface area contributed by atoms with Crippen molar-refractivity contribution >= 4 is 28.9 Å². The highest BCUT2D eigenvalue weighted by molar-refractivity contribution is 6.32. The Balaban J connectivity index is 1.68. The van der Waals surface area contributed by atoms with Crippen LogP contribution in [-0.4, -0.2) is 34.9 Å². The number of carbonyl (C=O) groups excluding carboxylic acids is 1. The van der Waals surface area contributed by atoms with Gasteiger partial charge in [0.2, 0.25) is 0 Å². The second-order valence-corrected chi connectivity index (χ2v) is 9.01. The largest absolute Gasteiger partial charge is 0.389 e. The SMILES string of the molecule is CC1=NN(c2ccc(C#N)c(Cl)c2)C(C)C1Cc1ccc(C(=O)NCC(C)(C)O)cc1. The molecule has 0 radical (unpaired) electrons. The first-order valence-corrected chi connectivity index (χ1v) is 10.6. The maximum atomic E-state index is 12.2. The number of halogens is 1. The Hall–Kier alpha value is -2.88. The van der Waals surface area contributed by atoms with Crippen LogP contribution in [0.5, 0.6) is 0 Å². The molecule has 2 aromatic rings. The highest BCUT2D eigenvalue weighted by Crippen LogP contribution is 2.32. The molecule has 6 nitrogen and oxygen atoms in total. The molecule has 162 valence electrons. The molecular weight excluding hydrogens is 412 g/mol. The lowest BCUT2D eigenvalue weighted by atomic mass is 9.90. The van der Waals surface area contributed by atoms with Gasteiger partial charge in [-0.3, -0.25) is 9.80 Å². The van der Waals surface area contributed by atoms with E-state index < -0.39 is 5.60 Å². The summed E-state index contributed by atoms with van der Waals surface area (Å²) in [6.45, 7) is 7.63. The zero-order chi connectivity index (χ0) is 22.8. The number of nitrogens with one attached hydrogen (secondary N) is 1. The lowest BCUT2D eigenvalue weighted by Crippen LogP contribution is -2.38. The van der Waals surface area contributed by atoms with E-state index in [9.17, 15) is 9.90 Å². The summed E-state index contributed by atoms with van der Waals surface area (Å²) in [5, 5.41) is 28.7. The molecule has 0 saturated carbocycles. The van der Waals surface area contributed by atoms with E-state index in [0.29, 0.717) is 16.1 Å². The van der Waals surface area contributed by atoms with E-state index in [4.69, 9.17) is 22.0 Å². The minimum absolute atomic E-state index is 0.124. The van der Waals surface area contributed by atoms with Crippen molar-refractivity contribution in [3.05, 3.63) is 64.2 Å². The molecule has 31 heavy (non-hydrogen) atoms. The van der Waals surface area contributed by atoms with Crippen LogP contribution in [0.25, 0.3) is 0 Å². The Labute approximate surface area is 188 Å². The Bertz CT molecular complexity index is 1040. The summed E-state index contributed by atoms with van der Waals surface area (Å²) >= 11 is 6.20. The molecule has 1 heterocycles. The molecule has 2 N–H and O–H groups in total. The van der Waals surface area contributed by atoms with Crippen molar-refractivity contribution in [2.45, 2.75) is 45.8 Å². The van der Waals surface area contributed by atoms with Crippen molar-refractivity contribution in [2.75, 3.05) is 11.6 Å². The molecule has 2 unspecified atom stereocenters. The Morgan fingerprint density at radius 1 is 1.29 bits per heavy atom. The molecule has 7 heteroatoms. The third-order valence-corrected chi connectivity index (χ3v) is 5.77. The average molecular weight is 439 g/mol. The average Bonchev–Trinajstić information content (AvgIpc) is 3.00. The summed E-state index contributed by atoms with van der Waals surface area (Å²) in [4.78, 5) is 12.2. The van der Waals surface area contributed by atoms with Crippen molar-refractivity contribution in [3.63, 3.8) is 0 Å². The van der Waals surface area contributed by atoms with E-state index in [2.05, 4.69) is 18.3 Å². The van der Waals surface area contributed by atoms with E-state index in [-0.39, 0.29) is 24.4 Å². The van der Waals surface area contributed by atoms with Crippen LogP contribution < -0.4 is 10.3 Å². The summed E-state index contributed by atoms with van der Waals surface area (Å²) in [5.41, 5.74) is 3.06. The number of nitrogens with zero attached hydrogens (tertiary/aromatic N) is 3. The highest BCUT2D eigenvalue weighted by atomic mass is 35.5. The van der Waals surface area contributed by atoms with Gasteiger partial charge in [0.25, 0.3) is 5.91 Å². The van der Waals surface area contributed by atoms with E-state index in [1.807, 2.05) is 30.1 Å². The molecule has 2 atom stereocenters. The molecule has 3 rings (SSSR count). The quantitative estimate of drug-likeness (QED) is 0.708. The first-order valence-electron chi connectivity index (χ1n) is 10.2. The zero-order valence-corrected chi connectivity index (χ0v) is 18.9. The summed E-state index contributed by atoms with van der Waals surface area (Å²) in [6, 6.07) is 15.1. The predicted octanol–water partition coefficient (Wildman–Crippen LogP) is 4.16. The van der Waals surface area contributed by atoms with Crippen LogP contribution in [0.4, 0.5) is 5.69 Å². The lowest BCUT2D eigenvalue weighted by Gasteiger charge is -2.25. The molecule has 1 aliphatic rings. The number of nitriles is 1. The third kappa shape index (κ3) is 5.43. The normalized spacial score (nSPS) is 18.5. The molecule has 1 amide bonds. The van der Waals surface area contributed by atoms with Gasteiger partial charge in [0, 0.05) is 23.7 Å². The molecule has 0 fully saturated rings. The van der Waals surface area contributed by atoms with Gasteiger partial charge in [-0.25, -0.2) is 0 Å². The van der Waals surface area contributed by atoms with Crippen LogP contribution in [0.1, 0.15) is 49.2 Å². The molecule has 0 spiro atoms. The topological polar surface area (TPSA) is 88.7 Å². The number of benzene rings is 2. The summed E-state index contributed by atoms with van der Waals surface area (Å²) in [5.74, 6) is 0.00815. The van der Waals surface area contributed by atoms with Crippen molar-refractivity contribution in [3.8, 4) is 6.07 Å². The number of amides is 1. The van der Waals surface area contributed by atoms with Crippen molar-refractivity contribution in [2.24, 2.45) is 11.0 Å². The van der Waals surface area contributed by atoms with E-state index >= 15 is 0 Å². The Kier molecular flexibility index (Phi) is 6.68. The highest BCUT2D eigenvalue weighted by Gasteiger charge is 2.33. The molecule has 0 aromatic heterocycles. The monoisotopic (exact) mass is 438 g/mol. The molecule has 0 bridgehead atoms. The van der Waals surface area contributed by atoms with E-state index in [1.165, 1.54) is 0 Å². The van der Waals surface area contributed by atoms with Gasteiger partial charge >= 0.3 is 0 Å². The zero-order valence-electron chi connectivity index (χ0n) is 18.2. The minimum atomic E-state index is -0.948. The number of anilines is 1. The smallest absolute Gasteiger partial charge is 0.251 e. The van der Waals surface area contributed by atoms with Gasteiger partial charge < -0.3 is 10.4 Å². The van der Waals surface area contributed by atoms with Gasteiger partial charge in [-0.15, -0.1) is 0 Å². The number of hydrogen-bond donors (Lipinski definition) is 2. The number of aliphatic hydroxyl groups is 1. The fourth-order valence-corrected chi connectivity index (χ4v) is 3.86. The number of carbonyl (C=O) groups is 1. The second-order valence-electron chi connectivity index (χ2n) is 8.61. The molecule has 0 saturated heterocycles. The summed E-state index contributed by atoms with van der Waals surface area (Å²) < 4.78 is 0. The first kappa shape index (κ1) is 22.8. The first-order chi connectivity index (χ1) is 14.6. The van der Waals surface area contributed by atoms with Crippen molar-refractivity contribution in [1.82, 2.24) is 5.32 Å². The summed E-state index contributed by atoms with van der Waals surface area (Å²) in [7, 11) is 0. The van der Waals surface area contributed by atoms with Gasteiger partial charge in [0.05, 0.1) is 27.9 Å². The summed E-state index contributed by atoms with van der Waals surface area (Å²) in [6.07, 6.45) is 0.794. The van der Waals surface area contributed by atoms with Gasteiger partial charge in [-0.2, -0.15) is 10.4 Å². The number of hydrogen-bond acceptors (Lipinski definition) is 5. The van der Waals surface area contributed by atoms with Crippen LogP contribution in [0.3, 0.4) is 0 Å². The lowest BCUT2D eigenvalue weighted by molar-refractivity contribution is 0.0694. The number of hydrazone groups is 1. The fourth-order valence-electron chi connectivity index (χ4n) is 3.65. The van der Waals surface area contributed by atoms with Crippen LogP contribution in [0.2, 0.25) is 5.02 Å². The van der Waals surface area contributed by atoms with Gasteiger partial charge in [0.1, 0.15) is 6.07 Å². The second kappa shape index (κ2) is 9.09. The van der Waals surface area contributed by atoms with Crippen LogP contribution in [0, 0.1) is 17.2 Å². The maximum absolute atomic E-state index is 12.2. The molecule has 1 aliphatic heterocycles. The van der Waals surface area contributed by atoms with E-state index in [1.54, 1.807) is 38.1 Å². The maximum Gasteiger partial charge on any atom is 0.251 e. The van der Waals surface area contributed by atoms with E-state index in [0.717, 1.165) is 23.4 Å². The number of rotatable bonds is 6. The molecule has 0 aliphatic carbocycles. The fraction of sp³-hybridized carbons (Fsp3) is 0.375. The molecule has 2 aromatic carbocycles. The standard InChI is InChI=1S/C24H27ClN4O2/c1-15-21(16(2)29(28-15)20-10-9-19(13-26)22(25)12-20)11-17-5-7-18(8-6-17)23(30)27-14-24(3,4)31/h5-10,12,16,21,31H,11,14H2,1-4H3,(H,27,30). The Morgan fingerprint density at radius 2 is 1.97 bits per heavy atom. The van der Waals surface area contributed by atoms with Crippen LogP contribution >= 0.6 is 11.6 Å². The van der Waals surface area contributed by atoms with Crippen molar-refractivity contribution < 1.29 is 9.90 Å². The van der Waals surface area contributed by atoms with Gasteiger partial charge in [-0.05, 0) is 70.0 Å². The third-order valence-electron chi connectivity index (χ3n) is 5.46.